The first-order valence-corrected chi connectivity index (χ1v) is 22.7. The largest absolute Gasteiger partial charge is 0.472 e. The fourth-order valence-electron chi connectivity index (χ4n) is 5.60. The maximum atomic E-state index is 12.7. The number of allylic oxidation sites excluding steroid dienone is 6. The van der Waals surface area contributed by atoms with Crippen molar-refractivity contribution in [1.82, 2.24) is 0 Å². The zero-order chi connectivity index (χ0) is 38.4. The standard InChI is InChI=1S/C43H82NO7P/c1-6-8-10-12-14-16-18-20-22-23-24-26-28-30-32-34-36-43(45)51-42(41-50-52(46,47)49-39-37-44(3,4)5)40-48-38-35-33-31-29-27-25-21-19-17-15-13-11-9-7-2/h12,14,18,20,23-24,42H,6-11,13,15-17,19,21-22,25-41H2,1-5H3/p+1/b14-12+,20-18+,24-23+. The number of phosphoric acid groups is 1. The van der Waals surface area contributed by atoms with Crippen LogP contribution in [-0.4, -0.2) is 75.6 Å². The number of rotatable bonds is 39. The van der Waals surface area contributed by atoms with Crippen molar-refractivity contribution in [3.05, 3.63) is 36.5 Å². The number of carbonyl (C=O) groups is 1. The molecule has 8 nitrogen and oxygen atoms in total. The molecule has 2 atom stereocenters. The first-order chi connectivity index (χ1) is 25.1. The minimum Gasteiger partial charge on any atom is -0.457 e. The van der Waals surface area contributed by atoms with Crippen molar-refractivity contribution in [3.8, 4) is 0 Å². The number of quaternary nitrogens is 1. The van der Waals surface area contributed by atoms with Gasteiger partial charge in [-0.3, -0.25) is 13.8 Å². The Morgan fingerprint density at radius 1 is 0.596 bits per heavy atom. The second-order valence-corrected chi connectivity index (χ2v) is 16.8. The van der Waals surface area contributed by atoms with Crippen LogP contribution in [0.2, 0.25) is 0 Å². The van der Waals surface area contributed by atoms with Crippen molar-refractivity contribution in [2.75, 3.05) is 54.1 Å². The fourth-order valence-corrected chi connectivity index (χ4v) is 6.35. The van der Waals surface area contributed by atoms with Gasteiger partial charge in [-0.25, -0.2) is 4.57 Å². The molecule has 0 aromatic carbocycles. The average molecular weight is 757 g/mol. The Labute approximate surface area is 321 Å². The van der Waals surface area contributed by atoms with Gasteiger partial charge in [0.25, 0.3) is 0 Å². The van der Waals surface area contributed by atoms with E-state index >= 15 is 0 Å². The Morgan fingerprint density at radius 2 is 1.08 bits per heavy atom. The molecule has 1 N–H and O–H groups in total. The normalized spacial score (nSPS) is 14.2. The van der Waals surface area contributed by atoms with E-state index in [1.165, 1.54) is 96.3 Å². The molecule has 2 unspecified atom stereocenters. The van der Waals surface area contributed by atoms with Gasteiger partial charge in [-0.05, 0) is 44.9 Å². The Balaban J connectivity index is 4.30. The number of nitrogens with zero attached hydrogens (tertiary/aromatic N) is 1. The second-order valence-electron chi connectivity index (χ2n) is 15.4. The summed E-state index contributed by atoms with van der Waals surface area (Å²) in [5, 5.41) is 0. The smallest absolute Gasteiger partial charge is 0.457 e. The molecule has 0 saturated carbocycles. The highest BCUT2D eigenvalue weighted by Crippen LogP contribution is 2.43. The first kappa shape index (κ1) is 50.7. The molecule has 0 spiro atoms. The van der Waals surface area contributed by atoms with Crippen molar-refractivity contribution >= 4 is 13.8 Å². The van der Waals surface area contributed by atoms with Crippen LogP contribution in [0.5, 0.6) is 0 Å². The van der Waals surface area contributed by atoms with Crippen LogP contribution in [-0.2, 0) is 27.9 Å². The molecule has 0 heterocycles. The van der Waals surface area contributed by atoms with Gasteiger partial charge < -0.3 is 18.9 Å². The quantitative estimate of drug-likeness (QED) is 0.0219. The third-order valence-corrected chi connectivity index (χ3v) is 9.94. The van der Waals surface area contributed by atoms with E-state index in [1.807, 2.05) is 21.1 Å². The van der Waals surface area contributed by atoms with Gasteiger partial charge in [0.05, 0.1) is 34.4 Å². The fraction of sp³-hybridized carbons (Fsp3) is 0.837. The molecule has 306 valence electrons. The van der Waals surface area contributed by atoms with E-state index in [1.54, 1.807) is 0 Å². The van der Waals surface area contributed by atoms with Gasteiger partial charge in [0.1, 0.15) is 19.3 Å². The van der Waals surface area contributed by atoms with Gasteiger partial charge in [0, 0.05) is 13.0 Å². The molecule has 9 heteroatoms. The van der Waals surface area contributed by atoms with E-state index in [-0.39, 0.29) is 25.8 Å². The monoisotopic (exact) mass is 757 g/mol. The van der Waals surface area contributed by atoms with Gasteiger partial charge in [0.15, 0.2) is 0 Å². The van der Waals surface area contributed by atoms with Crippen LogP contribution >= 0.6 is 7.82 Å². The summed E-state index contributed by atoms with van der Waals surface area (Å²) >= 11 is 0. The lowest BCUT2D eigenvalue weighted by molar-refractivity contribution is -0.870. The molecule has 0 saturated heterocycles. The number of hydrogen-bond acceptors (Lipinski definition) is 6. The molecule has 52 heavy (non-hydrogen) atoms. The highest BCUT2D eigenvalue weighted by Gasteiger charge is 2.26. The summed E-state index contributed by atoms with van der Waals surface area (Å²) in [5.74, 6) is -0.334. The number of ether oxygens (including phenoxy) is 2. The van der Waals surface area contributed by atoms with E-state index in [0.717, 1.165) is 57.8 Å². The predicted octanol–water partition coefficient (Wildman–Crippen LogP) is 12.2. The van der Waals surface area contributed by atoms with Crippen LogP contribution in [0, 0.1) is 0 Å². The summed E-state index contributed by atoms with van der Waals surface area (Å²) in [4.78, 5) is 22.8. The molecule has 0 radical (unpaired) electrons. The molecule has 0 aromatic heterocycles. The zero-order valence-corrected chi connectivity index (χ0v) is 35.4. The first-order valence-electron chi connectivity index (χ1n) is 21.2. The average Bonchev–Trinajstić information content (AvgIpc) is 3.09. The molecule has 0 bridgehead atoms. The van der Waals surface area contributed by atoms with E-state index in [0.29, 0.717) is 24.1 Å². The van der Waals surface area contributed by atoms with E-state index in [4.69, 9.17) is 18.5 Å². The predicted molar refractivity (Wildman–Crippen MR) is 220 cm³/mol. The van der Waals surface area contributed by atoms with E-state index in [2.05, 4.69) is 50.3 Å². The van der Waals surface area contributed by atoms with E-state index < -0.39 is 13.9 Å². The molecule has 0 rings (SSSR count). The molecular formula is C43H83NO7P+. The van der Waals surface area contributed by atoms with Gasteiger partial charge in [-0.1, -0.05) is 159 Å². The number of phosphoric ester groups is 1. The minimum absolute atomic E-state index is 0.0846. The molecule has 0 amide bonds. The van der Waals surface area contributed by atoms with Gasteiger partial charge in [-0.15, -0.1) is 0 Å². The summed E-state index contributed by atoms with van der Waals surface area (Å²) in [6.07, 6.45) is 41.7. The van der Waals surface area contributed by atoms with Crippen LogP contribution < -0.4 is 0 Å². The summed E-state index contributed by atoms with van der Waals surface area (Å²) in [7, 11) is 1.65. The van der Waals surface area contributed by atoms with Crippen molar-refractivity contribution in [2.24, 2.45) is 0 Å². The van der Waals surface area contributed by atoms with Gasteiger partial charge in [-0.2, -0.15) is 0 Å². The Kier molecular flexibility index (Phi) is 35.8. The molecule has 0 aliphatic heterocycles. The number of likely N-dealkylation sites (N-methyl/N-ethyl adjacent to an activating group) is 1. The minimum atomic E-state index is -4.28. The summed E-state index contributed by atoms with van der Waals surface area (Å²) < 4.78 is 34.9. The van der Waals surface area contributed by atoms with E-state index in [9.17, 15) is 14.3 Å². The molecule has 0 aliphatic rings. The van der Waals surface area contributed by atoms with Crippen LogP contribution in [0.4, 0.5) is 0 Å². The third kappa shape index (κ3) is 39.9. The number of unbranched alkanes of at least 4 members (excludes halogenated alkanes) is 19. The lowest BCUT2D eigenvalue weighted by Crippen LogP contribution is -2.37. The van der Waals surface area contributed by atoms with Gasteiger partial charge in [0.2, 0.25) is 0 Å². The number of esters is 1. The molecule has 0 aromatic rings. The Morgan fingerprint density at radius 3 is 1.63 bits per heavy atom. The SMILES string of the molecule is CCCC/C=C/C/C=C/C/C=C/CCCCCCC(=O)OC(COCCCCCCCCCCCCCCCC)COP(=O)(O)OCC[N+](C)(C)C. The maximum Gasteiger partial charge on any atom is 0.472 e. The van der Waals surface area contributed by atoms with Crippen LogP contribution in [0.15, 0.2) is 36.5 Å². The third-order valence-electron chi connectivity index (χ3n) is 8.95. The number of hydrogen-bond donors (Lipinski definition) is 1. The lowest BCUT2D eigenvalue weighted by atomic mass is 10.0. The van der Waals surface area contributed by atoms with Gasteiger partial charge >= 0.3 is 13.8 Å². The van der Waals surface area contributed by atoms with Crippen molar-refractivity contribution in [3.63, 3.8) is 0 Å². The summed E-state index contributed by atoms with van der Waals surface area (Å²) in [6, 6.07) is 0. The topological polar surface area (TPSA) is 91.3 Å². The highest BCUT2D eigenvalue weighted by molar-refractivity contribution is 7.47. The van der Waals surface area contributed by atoms with Crippen molar-refractivity contribution in [2.45, 2.75) is 180 Å². The molecule has 0 aliphatic carbocycles. The van der Waals surface area contributed by atoms with Crippen molar-refractivity contribution < 1.29 is 37.3 Å². The Bertz CT molecular complexity index is 931. The van der Waals surface area contributed by atoms with Crippen molar-refractivity contribution in [1.29, 1.82) is 0 Å². The summed E-state index contributed by atoms with van der Waals surface area (Å²) in [6.45, 7) is 5.56. The Hall–Kier alpha value is -1.28. The zero-order valence-electron chi connectivity index (χ0n) is 34.5. The van der Waals surface area contributed by atoms with Crippen LogP contribution in [0.1, 0.15) is 174 Å². The van der Waals surface area contributed by atoms with Crippen LogP contribution in [0.25, 0.3) is 0 Å². The summed E-state index contributed by atoms with van der Waals surface area (Å²) in [5.41, 5.74) is 0. The lowest BCUT2D eigenvalue weighted by Gasteiger charge is -2.24. The maximum absolute atomic E-state index is 12.7. The molecular weight excluding hydrogens is 673 g/mol. The number of carbonyl (C=O) groups excluding carboxylic acids is 1. The highest BCUT2D eigenvalue weighted by atomic mass is 31.2. The second kappa shape index (κ2) is 36.7. The molecule has 0 fully saturated rings. The van der Waals surface area contributed by atoms with Crippen LogP contribution in [0.3, 0.4) is 0 Å².